The Bertz CT molecular complexity index is 121. The minimum Gasteiger partial charge on any atom is -0.470 e. The van der Waals surface area contributed by atoms with Crippen molar-refractivity contribution in [2.45, 2.75) is 6.92 Å². The lowest BCUT2D eigenvalue weighted by molar-refractivity contribution is 0.534. The Morgan fingerprint density at radius 2 is 2.25 bits per heavy atom. The van der Waals surface area contributed by atoms with Crippen molar-refractivity contribution in [1.82, 2.24) is 0 Å². The zero-order valence-electron chi connectivity index (χ0n) is 4.63. The van der Waals surface area contributed by atoms with Gasteiger partial charge in [-0.1, -0.05) is 0 Å². The quantitative estimate of drug-likeness (QED) is 0.472. The monoisotopic (exact) mass is 111 g/mol. The van der Waals surface area contributed by atoms with E-state index < -0.39 is 0 Å². The van der Waals surface area contributed by atoms with Gasteiger partial charge in [-0.15, -0.1) is 0 Å². The van der Waals surface area contributed by atoms with E-state index >= 15 is 0 Å². The summed E-state index contributed by atoms with van der Waals surface area (Å²) < 4.78 is 4.83. The molecule has 1 rings (SSSR count). The van der Waals surface area contributed by atoms with Gasteiger partial charge in [-0.2, -0.15) is 0 Å². The lowest BCUT2D eigenvalue weighted by Gasteiger charge is -1.69. The Morgan fingerprint density at radius 1 is 1.62 bits per heavy atom. The molecule has 0 aliphatic heterocycles. The fourth-order valence-electron chi connectivity index (χ4n) is 0.361. The van der Waals surface area contributed by atoms with Crippen LogP contribution >= 0.6 is 0 Å². The molecule has 0 saturated heterocycles. The predicted molar refractivity (Wildman–Crippen MR) is 30.2 cm³/mol. The maximum Gasteiger partial charge on any atom is 0.182 e. The topological polar surface area (TPSA) is 30.2 Å². The van der Waals surface area contributed by atoms with Crippen LogP contribution in [-0.2, 0) is 4.79 Å². The summed E-state index contributed by atoms with van der Waals surface area (Å²) in [4.78, 5) is 7.75. The predicted octanol–water partition coefficient (Wildman–Crippen LogP) is 1.31. The SMILES string of the molecule is Cc1ccco1.[CH]=O. The van der Waals surface area contributed by atoms with Crippen molar-refractivity contribution >= 4 is 6.79 Å². The molecular weight excluding hydrogens is 104 g/mol. The van der Waals surface area contributed by atoms with Gasteiger partial charge in [0.1, 0.15) is 5.76 Å². The van der Waals surface area contributed by atoms with Crippen molar-refractivity contribution in [1.29, 1.82) is 0 Å². The van der Waals surface area contributed by atoms with E-state index in [4.69, 9.17) is 9.21 Å². The molecule has 2 heteroatoms. The molecule has 1 radical (unpaired) electrons. The lowest BCUT2D eigenvalue weighted by Crippen LogP contribution is -1.48. The fourth-order valence-corrected chi connectivity index (χ4v) is 0.361. The van der Waals surface area contributed by atoms with Gasteiger partial charge >= 0.3 is 0 Å². The van der Waals surface area contributed by atoms with Gasteiger partial charge in [0.15, 0.2) is 6.79 Å². The molecule has 0 fully saturated rings. The largest absolute Gasteiger partial charge is 0.470 e. The van der Waals surface area contributed by atoms with Crippen molar-refractivity contribution in [2.24, 2.45) is 0 Å². The summed E-state index contributed by atoms with van der Waals surface area (Å²) in [5.74, 6) is 0.968. The molecule has 0 amide bonds. The molecule has 0 N–H and O–H groups in total. The van der Waals surface area contributed by atoms with Crippen molar-refractivity contribution < 1.29 is 9.21 Å². The van der Waals surface area contributed by atoms with E-state index in [0.29, 0.717) is 0 Å². The van der Waals surface area contributed by atoms with Crippen LogP contribution < -0.4 is 0 Å². The summed E-state index contributed by atoms with van der Waals surface area (Å²) in [7, 11) is 0. The third-order valence-electron chi connectivity index (χ3n) is 0.663. The van der Waals surface area contributed by atoms with Crippen LogP contribution in [0.15, 0.2) is 22.8 Å². The molecule has 1 aromatic heterocycles. The molecule has 0 unspecified atom stereocenters. The number of hydrogen-bond acceptors (Lipinski definition) is 2. The molecule has 0 atom stereocenters. The van der Waals surface area contributed by atoms with Crippen LogP contribution in [0.25, 0.3) is 0 Å². The van der Waals surface area contributed by atoms with E-state index in [-0.39, 0.29) is 0 Å². The summed E-state index contributed by atoms with van der Waals surface area (Å²) in [5, 5.41) is 0. The Kier molecular flexibility index (Phi) is 3.58. The van der Waals surface area contributed by atoms with Gasteiger partial charge in [0.05, 0.1) is 6.26 Å². The van der Waals surface area contributed by atoms with Crippen LogP contribution in [0.3, 0.4) is 0 Å². The second-order valence-electron chi connectivity index (χ2n) is 1.22. The van der Waals surface area contributed by atoms with Gasteiger partial charge in [-0.25, -0.2) is 0 Å². The van der Waals surface area contributed by atoms with Crippen LogP contribution in [0.5, 0.6) is 0 Å². The van der Waals surface area contributed by atoms with Gasteiger partial charge in [0.25, 0.3) is 0 Å². The molecule has 8 heavy (non-hydrogen) atoms. The summed E-state index contributed by atoms with van der Waals surface area (Å²) in [6.45, 7) is 5.17. The molecule has 0 bridgehead atoms. The van der Waals surface area contributed by atoms with E-state index in [0.717, 1.165) is 5.76 Å². The highest BCUT2D eigenvalue weighted by Gasteiger charge is 1.75. The van der Waals surface area contributed by atoms with E-state index in [1.54, 1.807) is 6.26 Å². The van der Waals surface area contributed by atoms with E-state index in [9.17, 15) is 0 Å². The molecule has 0 spiro atoms. The average molecular weight is 111 g/mol. The van der Waals surface area contributed by atoms with Crippen molar-refractivity contribution in [3.05, 3.63) is 24.2 Å². The standard InChI is InChI=1S/C5H6O.CHO/c1-5-3-2-4-6-5;1-2/h2-4H,1H3;1H. The van der Waals surface area contributed by atoms with Crippen molar-refractivity contribution in [3.8, 4) is 0 Å². The molecule has 43 valence electrons. The van der Waals surface area contributed by atoms with E-state index in [2.05, 4.69) is 6.79 Å². The van der Waals surface area contributed by atoms with Crippen LogP contribution in [0.1, 0.15) is 5.76 Å². The molecule has 2 nitrogen and oxygen atoms in total. The number of rotatable bonds is 0. The lowest BCUT2D eigenvalue weighted by atomic mass is 10.5. The third kappa shape index (κ3) is 2.18. The first-order valence-electron chi connectivity index (χ1n) is 2.13. The van der Waals surface area contributed by atoms with E-state index in [1.165, 1.54) is 0 Å². The number of hydrogen-bond donors (Lipinski definition) is 0. The minimum absolute atomic E-state index is 0.968. The van der Waals surface area contributed by atoms with E-state index in [1.807, 2.05) is 19.1 Å². The highest BCUT2D eigenvalue weighted by Crippen LogP contribution is 1.93. The van der Waals surface area contributed by atoms with Crippen LogP contribution in [0, 0.1) is 6.92 Å². The summed E-state index contributed by atoms with van der Waals surface area (Å²) >= 11 is 0. The van der Waals surface area contributed by atoms with Gasteiger partial charge in [-0.05, 0) is 19.1 Å². The molecule has 0 saturated carbocycles. The Balaban J connectivity index is 0.000000222. The minimum atomic E-state index is 0.968. The van der Waals surface area contributed by atoms with Crippen LogP contribution in [-0.4, -0.2) is 6.79 Å². The maximum atomic E-state index is 7.75. The van der Waals surface area contributed by atoms with Crippen LogP contribution in [0.4, 0.5) is 0 Å². The first-order chi connectivity index (χ1) is 3.89. The molecule has 0 aromatic carbocycles. The Morgan fingerprint density at radius 3 is 2.38 bits per heavy atom. The number of furan rings is 1. The highest BCUT2D eigenvalue weighted by molar-refractivity contribution is 5.12. The average Bonchev–Trinajstić information content (AvgIpc) is 2.24. The first kappa shape index (κ1) is 6.95. The zero-order valence-corrected chi connectivity index (χ0v) is 4.63. The Hall–Kier alpha value is -1.05. The number of carbonyl (C=O) groups excluding carboxylic acids is 1. The van der Waals surface area contributed by atoms with Crippen LogP contribution in [0.2, 0.25) is 0 Å². The molecule has 1 aromatic rings. The van der Waals surface area contributed by atoms with Gasteiger partial charge in [0.2, 0.25) is 0 Å². The molecule has 0 aliphatic rings. The summed E-state index contributed by atoms with van der Waals surface area (Å²) in [5.41, 5.74) is 0. The van der Waals surface area contributed by atoms with Crippen molar-refractivity contribution in [2.75, 3.05) is 0 Å². The molecular formula is C6H7O2. The first-order valence-corrected chi connectivity index (χ1v) is 2.13. The molecule has 1 heterocycles. The zero-order chi connectivity index (χ0) is 6.41. The van der Waals surface area contributed by atoms with Gasteiger partial charge in [0, 0.05) is 0 Å². The summed E-state index contributed by atoms with van der Waals surface area (Å²) in [6, 6.07) is 3.79. The smallest absolute Gasteiger partial charge is 0.182 e. The van der Waals surface area contributed by atoms with Gasteiger partial charge < -0.3 is 4.42 Å². The maximum absolute atomic E-state index is 7.75. The summed E-state index contributed by atoms with van der Waals surface area (Å²) in [6.07, 6.45) is 1.66. The normalized spacial score (nSPS) is 7.12. The Labute approximate surface area is 48.1 Å². The highest BCUT2D eigenvalue weighted by atomic mass is 16.3. The molecule has 0 aliphatic carbocycles. The van der Waals surface area contributed by atoms with Crippen molar-refractivity contribution in [3.63, 3.8) is 0 Å². The fraction of sp³-hybridized carbons (Fsp3) is 0.167. The number of aryl methyl sites for hydroxylation is 1. The third-order valence-corrected chi connectivity index (χ3v) is 0.663. The van der Waals surface area contributed by atoms with Gasteiger partial charge in [-0.3, -0.25) is 4.79 Å². The second kappa shape index (κ2) is 4.12. The second-order valence-corrected chi connectivity index (χ2v) is 1.22.